The van der Waals surface area contributed by atoms with Crippen molar-refractivity contribution in [2.24, 2.45) is 0 Å². The van der Waals surface area contributed by atoms with E-state index in [4.69, 9.17) is 4.42 Å². The average molecular weight is 342 g/mol. The topological polar surface area (TPSA) is 99.9 Å². The van der Waals surface area contributed by atoms with Crippen LogP contribution in [0.3, 0.4) is 0 Å². The number of hydrogen-bond acceptors (Lipinski definition) is 4. The number of rotatable bonds is 4. The second-order valence-corrected chi connectivity index (χ2v) is 5.96. The Bertz CT molecular complexity index is 813. The third-order valence-electron chi connectivity index (χ3n) is 4.28. The Morgan fingerprint density at radius 3 is 2.76 bits per heavy atom. The Labute approximate surface area is 144 Å². The Kier molecular flexibility index (Phi) is 4.56. The van der Waals surface area contributed by atoms with Gasteiger partial charge in [-0.3, -0.25) is 9.59 Å². The van der Waals surface area contributed by atoms with E-state index in [1.807, 2.05) is 6.92 Å². The molecule has 130 valence electrons. The third kappa shape index (κ3) is 3.40. The molecule has 7 nitrogen and oxygen atoms in total. The first-order valence-electron chi connectivity index (χ1n) is 7.96. The molecule has 0 spiro atoms. The fraction of sp³-hybridized carbons (Fsp3) is 0.278. The highest BCUT2D eigenvalue weighted by Gasteiger charge is 2.34. The maximum atomic E-state index is 12.7. The fourth-order valence-corrected chi connectivity index (χ4v) is 2.91. The lowest BCUT2D eigenvalue weighted by Gasteiger charge is -2.22. The number of amides is 2. The van der Waals surface area contributed by atoms with Gasteiger partial charge in [-0.15, -0.1) is 0 Å². The van der Waals surface area contributed by atoms with E-state index in [0.29, 0.717) is 30.6 Å². The number of aliphatic carboxylic acids is 1. The summed E-state index contributed by atoms with van der Waals surface area (Å²) in [6.45, 7) is 2.22. The summed E-state index contributed by atoms with van der Waals surface area (Å²) in [5.41, 5.74) is 1.61. The number of carboxylic acid groups (broad SMARTS) is 1. The fourth-order valence-electron chi connectivity index (χ4n) is 2.91. The summed E-state index contributed by atoms with van der Waals surface area (Å²) in [6, 6.07) is 7.28. The highest BCUT2D eigenvalue weighted by Crippen LogP contribution is 2.23. The van der Waals surface area contributed by atoms with Gasteiger partial charge in [-0.1, -0.05) is 6.07 Å². The molecule has 3 rings (SSSR count). The van der Waals surface area contributed by atoms with Crippen molar-refractivity contribution >= 4 is 23.5 Å². The number of carbonyl (C=O) groups is 3. The molecule has 0 aliphatic carbocycles. The van der Waals surface area contributed by atoms with Crippen LogP contribution in [0.5, 0.6) is 0 Å². The average Bonchev–Trinajstić information content (AvgIpc) is 3.27. The van der Waals surface area contributed by atoms with E-state index in [-0.39, 0.29) is 11.7 Å². The molecule has 1 fully saturated rings. The van der Waals surface area contributed by atoms with Crippen molar-refractivity contribution in [2.75, 3.05) is 11.9 Å². The van der Waals surface area contributed by atoms with E-state index in [9.17, 15) is 19.5 Å². The van der Waals surface area contributed by atoms with Crippen molar-refractivity contribution in [2.45, 2.75) is 25.8 Å². The molecule has 1 aromatic heterocycles. The van der Waals surface area contributed by atoms with Crippen LogP contribution in [0.15, 0.2) is 41.0 Å². The molecule has 2 heterocycles. The van der Waals surface area contributed by atoms with Crippen LogP contribution in [-0.2, 0) is 4.79 Å². The van der Waals surface area contributed by atoms with Crippen molar-refractivity contribution in [3.63, 3.8) is 0 Å². The van der Waals surface area contributed by atoms with E-state index in [1.165, 1.54) is 11.2 Å². The summed E-state index contributed by atoms with van der Waals surface area (Å²) >= 11 is 0. The monoisotopic (exact) mass is 342 g/mol. The van der Waals surface area contributed by atoms with Gasteiger partial charge in [-0.05, 0) is 49.6 Å². The van der Waals surface area contributed by atoms with Gasteiger partial charge in [0.2, 0.25) is 0 Å². The minimum atomic E-state index is -0.996. The first-order chi connectivity index (χ1) is 12.0. The van der Waals surface area contributed by atoms with Crippen LogP contribution in [0.25, 0.3) is 0 Å². The Hall–Kier alpha value is -3.09. The molecule has 0 saturated carbocycles. The van der Waals surface area contributed by atoms with E-state index < -0.39 is 17.9 Å². The first kappa shape index (κ1) is 16.8. The van der Waals surface area contributed by atoms with Crippen LogP contribution in [0.2, 0.25) is 0 Å². The summed E-state index contributed by atoms with van der Waals surface area (Å²) < 4.78 is 5.05. The van der Waals surface area contributed by atoms with E-state index >= 15 is 0 Å². The summed E-state index contributed by atoms with van der Waals surface area (Å²) in [4.78, 5) is 37.4. The van der Waals surface area contributed by atoms with E-state index in [1.54, 1.807) is 30.3 Å². The zero-order chi connectivity index (χ0) is 18.0. The number of carbonyl (C=O) groups excluding carboxylic acids is 2. The number of anilines is 1. The van der Waals surface area contributed by atoms with Gasteiger partial charge in [0.25, 0.3) is 11.8 Å². The lowest BCUT2D eigenvalue weighted by Crippen LogP contribution is -2.40. The summed E-state index contributed by atoms with van der Waals surface area (Å²) in [5.74, 6) is -1.59. The highest BCUT2D eigenvalue weighted by atomic mass is 16.4. The summed E-state index contributed by atoms with van der Waals surface area (Å²) in [5, 5.41) is 12.0. The van der Waals surface area contributed by atoms with Gasteiger partial charge in [-0.25, -0.2) is 4.79 Å². The quantitative estimate of drug-likeness (QED) is 0.889. The molecule has 1 saturated heterocycles. The predicted octanol–water partition coefficient (Wildman–Crippen LogP) is 2.53. The minimum absolute atomic E-state index is 0.168. The Balaban J connectivity index is 1.82. The zero-order valence-electron chi connectivity index (χ0n) is 13.7. The Morgan fingerprint density at radius 1 is 1.28 bits per heavy atom. The lowest BCUT2D eigenvalue weighted by molar-refractivity contribution is -0.141. The molecule has 1 aromatic carbocycles. The van der Waals surface area contributed by atoms with Crippen LogP contribution < -0.4 is 5.32 Å². The highest BCUT2D eigenvalue weighted by molar-refractivity contribution is 6.04. The van der Waals surface area contributed by atoms with Crippen molar-refractivity contribution in [3.05, 3.63) is 53.5 Å². The van der Waals surface area contributed by atoms with Gasteiger partial charge in [0.05, 0.1) is 6.26 Å². The predicted molar refractivity (Wildman–Crippen MR) is 89.5 cm³/mol. The van der Waals surface area contributed by atoms with Crippen molar-refractivity contribution < 1.29 is 23.9 Å². The molecule has 0 unspecified atom stereocenters. The molecule has 2 amide bonds. The molecule has 7 heteroatoms. The second-order valence-electron chi connectivity index (χ2n) is 5.96. The molecule has 0 radical (unpaired) electrons. The van der Waals surface area contributed by atoms with Crippen LogP contribution >= 0.6 is 0 Å². The van der Waals surface area contributed by atoms with Crippen LogP contribution in [0.1, 0.15) is 39.3 Å². The van der Waals surface area contributed by atoms with Gasteiger partial charge in [0.1, 0.15) is 6.04 Å². The molecule has 2 N–H and O–H groups in total. The maximum absolute atomic E-state index is 12.7. The van der Waals surface area contributed by atoms with Gasteiger partial charge in [-0.2, -0.15) is 0 Å². The van der Waals surface area contributed by atoms with Gasteiger partial charge in [0, 0.05) is 17.8 Å². The second kappa shape index (κ2) is 6.80. The maximum Gasteiger partial charge on any atom is 0.326 e. The molecule has 1 atom stereocenters. The molecule has 2 aromatic rings. The number of likely N-dealkylation sites (tertiary alicyclic amines) is 1. The number of hydrogen-bond donors (Lipinski definition) is 2. The first-order valence-corrected chi connectivity index (χ1v) is 7.96. The Morgan fingerprint density at radius 2 is 2.08 bits per heavy atom. The number of furan rings is 1. The van der Waals surface area contributed by atoms with Crippen molar-refractivity contribution in [3.8, 4) is 0 Å². The number of nitrogens with zero attached hydrogens (tertiary/aromatic N) is 1. The molecule has 0 bridgehead atoms. The van der Waals surface area contributed by atoms with Gasteiger partial charge >= 0.3 is 5.97 Å². The van der Waals surface area contributed by atoms with E-state index in [0.717, 1.165) is 5.56 Å². The summed E-state index contributed by atoms with van der Waals surface area (Å²) in [6.07, 6.45) is 2.52. The van der Waals surface area contributed by atoms with Crippen LogP contribution in [-0.4, -0.2) is 40.4 Å². The third-order valence-corrected chi connectivity index (χ3v) is 4.28. The van der Waals surface area contributed by atoms with Crippen molar-refractivity contribution in [1.82, 2.24) is 4.90 Å². The molecular weight excluding hydrogens is 324 g/mol. The van der Waals surface area contributed by atoms with Gasteiger partial charge < -0.3 is 19.7 Å². The minimum Gasteiger partial charge on any atom is -0.480 e. The smallest absolute Gasteiger partial charge is 0.326 e. The normalized spacial score (nSPS) is 16.7. The zero-order valence-corrected chi connectivity index (χ0v) is 13.7. The molecule has 1 aliphatic heterocycles. The number of carboxylic acids is 1. The number of benzene rings is 1. The van der Waals surface area contributed by atoms with Gasteiger partial charge in [0.15, 0.2) is 5.76 Å². The SMILES string of the molecule is Cc1ccc(C(=O)N2CCC[C@@H]2C(=O)O)cc1NC(=O)c1ccco1. The molecular formula is C18H18N2O5. The van der Waals surface area contributed by atoms with Crippen LogP contribution in [0.4, 0.5) is 5.69 Å². The van der Waals surface area contributed by atoms with E-state index in [2.05, 4.69) is 5.32 Å². The number of aryl methyl sites for hydroxylation is 1. The van der Waals surface area contributed by atoms with Crippen LogP contribution in [0, 0.1) is 6.92 Å². The summed E-state index contributed by atoms with van der Waals surface area (Å²) in [7, 11) is 0. The number of nitrogens with one attached hydrogen (secondary N) is 1. The lowest BCUT2D eigenvalue weighted by atomic mass is 10.1. The molecule has 1 aliphatic rings. The van der Waals surface area contributed by atoms with Crippen molar-refractivity contribution in [1.29, 1.82) is 0 Å². The largest absolute Gasteiger partial charge is 0.480 e. The standard InChI is InChI=1S/C18H18N2O5/c1-11-6-7-12(17(22)20-8-2-4-14(20)18(23)24)10-13(11)19-16(21)15-5-3-9-25-15/h3,5-7,9-10,14H,2,4,8H2,1H3,(H,19,21)(H,23,24)/t14-/m1/s1. The molecule has 25 heavy (non-hydrogen) atoms.